The van der Waals surface area contributed by atoms with E-state index >= 15 is 0 Å². The number of fused-ring (bicyclic) bond motifs is 1. The largest absolute Gasteiger partial charge is 0.370 e. The number of nitrogens with one attached hydrogen (secondary N) is 1. The number of nitrogens with zero attached hydrogens (tertiary/aromatic N) is 2. The Hall–Kier alpha value is -2.44. The number of aromatic amines is 1. The van der Waals surface area contributed by atoms with E-state index in [1.165, 1.54) is 12.1 Å². The van der Waals surface area contributed by atoms with Crippen LogP contribution in [0, 0.1) is 5.82 Å². The van der Waals surface area contributed by atoms with Crippen LogP contribution >= 0.6 is 0 Å². The van der Waals surface area contributed by atoms with Crippen LogP contribution in [0.15, 0.2) is 28.0 Å². The van der Waals surface area contributed by atoms with Crippen molar-refractivity contribution in [2.24, 2.45) is 16.5 Å². The lowest BCUT2D eigenvalue weighted by molar-refractivity contribution is 0.629. The molecule has 16 heavy (non-hydrogen) atoms. The highest BCUT2D eigenvalue weighted by atomic mass is 19.1. The highest BCUT2D eigenvalue weighted by Gasteiger charge is 2.04. The number of rotatable bonds is 1. The van der Waals surface area contributed by atoms with Gasteiger partial charge in [0, 0.05) is 0 Å². The summed E-state index contributed by atoms with van der Waals surface area (Å²) < 4.78 is 12.9. The average molecular weight is 221 g/mol. The Labute approximate surface area is 88.8 Å². The predicted molar refractivity (Wildman–Crippen MR) is 57.8 cm³/mol. The van der Waals surface area contributed by atoms with Gasteiger partial charge in [0.15, 0.2) is 5.96 Å². The van der Waals surface area contributed by atoms with Gasteiger partial charge in [-0.25, -0.2) is 9.37 Å². The molecular weight excluding hydrogens is 213 g/mol. The van der Waals surface area contributed by atoms with E-state index in [0.29, 0.717) is 5.52 Å². The van der Waals surface area contributed by atoms with Gasteiger partial charge < -0.3 is 11.5 Å². The minimum atomic E-state index is -0.505. The number of aromatic nitrogens is 2. The second-order valence-electron chi connectivity index (χ2n) is 3.09. The van der Waals surface area contributed by atoms with Gasteiger partial charge in [-0.05, 0) is 18.2 Å². The molecule has 0 aliphatic carbocycles. The number of hydrogen-bond donors (Lipinski definition) is 3. The van der Waals surface area contributed by atoms with Gasteiger partial charge in [-0.3, -0.25) is 9.78 Å². The molecule has 82 valence electrons. The third kappa shape index (κ3) is 1.83. The van der Waals surface area contributed by atoms with Crippen LogP contribution in [-0.2, 0) is 0 Å². The van der Waals surface area contributed by atoms with E-state index in [1.807, 2.05) is 0 Å². The SMILES string of the molecule is NC(N)=Nc1nc2ccc(F)cc2c(=O)[nH]1. The molecular formula is C9H8FN5O. The lowest BCUT2D eigenvalue weighted by Gasteiger charge is -1.98. The van der Waals surface area contributed by atoms with E-state index in [-0.39, 0.29) is 17.3 Å². The van der Waals surface area contributed by atoms with Crippen LogP contribution in [0.1, 0.15) is 0 Å². The van der Waals surface area contributed by atoms with Crippen molar-refractivity contribution in [2.75, 3.05) is 0 Å². The van der Waals surface area contributed by atoms with Gasteiger partial charge in [0.25, 0.3) is 5.56 Å². The number of benzene rings is 1. The number of guanidine groups is 1. The Balaban J connectivity index is 2.74. The number of aliphatic imine (C=N–C) groups is 1. The summed E-state index contributed by atoms with van der Waals surface area (Å²) in [7, 11) is 0. The summed E-state index contributed by atoms with van der Waals surface area (Å²) in [6.45, 7) is 0. The van der Waals surface area contributed by atoms with E-state index < -0.39 is 11.4 Å². The maximum atomic E-state index is 12.9. The van der Waals surface area contributed by atoms with Crippen molar-refractivity contribution in [3.63, 3.8) is 0 Å². The van der Waals surface area contributed by atoms with Crippen molar-refractivity contribution in [1.82, 2.24) is 9.97 Å². The van der Waals surface area contributed by atoms with E-state index in [4.69, 9.17) is 11.5 Å². The minimum Gasteiger partial charge on any atom is -0.370 e. The van der Waals surface area contributed by atoms with Crippen LogP contribution in [0.5, 0.6) is 0 Å². The predicted octanol–water partition coefficient (Wildman–Crippen LogP) is -0.0329. The van der Waals surface area contributed by atoms with E-state index in [2.05, 4.69) is 15.0 Å². The summed E-state index contributed by atoms with van der Waals surface area (Å²) in [6.07, 6.45) is 0. The molecule has 5 N–H and O–H groups in total. The molecule has 0 radical (unpaired) electrons. The molecule has 6 nitrogen and oxygen atoms in total. The minimum absolute atomic E-state index is 0.0101. The molecule has 0 spiro atoms. The van der Waals surface area contributed by atoms with Gasteiger partial charge in [0.1, 0.15) is 5.82 Å². The van der Waals surface area contributed by atoms with E-state index in [1.54, 1.807) is 0 Å². The zero-order valence-corrected chi connectivity index (χ0v) is 8.07. The summed E-state index contributed by atoms with van der Waals surface area (Å²) in [5, 5.41) is 0.148. The van der Waals surface area contributed by atoms with Crippen LogP contribution in [0.2, 0.25) is 0 Å². The summed E-state index contributed by atoms with van der Waals surface area (Å²) in [4.78, 5) is 21.4. The molecule has 0 fully saturated rings. The van der Waals surface area contributed by atoms with Crippen molar-refractivity contribution >= 4 is 22.8 Å². The molecule has 1 aromatic heterocycles. The number of halogens is 1. The second kappa shape index (κ2) is 3.61. The van der Waals surface area contributed by atoms with Gasteiger partial charge in [-0.2, -0.15) is 4.99 Å². The van der Waals surface area contributed by atoms with Gasteiger partial charge >= 0.3 is 0 Å². The first kappa shape index (κ1) is 10.1. The molecule has 0 amide bonds. The molecule has 1 aromatic carbocycles. The Morgan fingerprint density at radius 3 is 2.88 bits per heavy atom. The standard InChI is InChI=1S/C9H8FN5O/c10-4-1-2-6-5(3-4)7(16)14-9(13-6)15-8(11)12/h1-3H,(H5,11,12,13,14,15,16). The smallest absolute Gasteiger partial charge is 0.260 e. The lowest BCUT2D eigenvalue weighted by atomic mass is 10.2. The summed E-state index contributed by atoms with van der Waals surface area (Å²) >= 11 is 0. The fourth-order valence-electron chi connectivity index (χ4n) is 1.27. The fourth-order valence-corrected chi connectivity index (χ4v) is 1.27. The number of H-pyrrole nitrogens is 1. The first-order valence-electron chi connectivity index (χ1n) is 4.35. The fraction of sp³-hybridized carbons (Fsp3) is 0. The molecule has 0 atom stereocenters. The summed E-state index contributed by atoms with van der Waals surface area (Å²) in [5.41, 5.74) is 10.1. The van der Waals surface area contributed by atoms with Crippen LogP contribution in [0.25, 0.3) is 10.9 Å². The molecule has 0 aliphatic rings. The van der Waals surface area contributed by atoms with Gasteiger partial charge in [0.05, 0.1) is 10.9 Å². The highest BCUT2D eigenvalue weighted by Crippen LogP contribution is 2.11. The first-order valence-corrected chi connectivity index (χ1v) is 4.35. The van der Waals surface area contributed by atoms with Crippen molar-refractivity contribution in [1.29, 1.82) is 0 Å². The quantitative estimate of drug-likeness (QED) is 0.463. The van der Waals surface area contributed by atoms with Crippen molar-refractivity contribution in [2.45, 2.75) is 0 Å². The van der Waals surface area contributed by atoms with E-state index in [0.717, 1.165) is 6.07 Å². The topological polar surface area (TPSA) is 110 Å². The van der Waals surface area contributed by atoms with Gasteiger partial charge in [-0.15, -0.1) is 0 Å². The van der Waals surface area contributed by atoms with Gasteiger partial charge in [0.2, 0.25) is 5.95 Å². The van der Waals surface area contributed by atoms with Gasteiger partial charge in [-0.1, -0.05) is 0 Å². The second-order valence-corrected chi connectivity index (χ2v) is 3.09. The zero-order valence-electron chi connectivity index (χ0n) is 8.07. The normalized spacial score (nSPS) is 10.3. The van der Waals surface area contributed by atoms with Crippen LogP contribution in [0.4, 0.5) is 10.3 Å². The molecule has 7 heteroatoms. The third-order valence-electron chi connectivity index (χ3n) is 1.89. The molecule has 1 heterocycles. The number of nitrogens with two attached hydrogens (primary N) is 2. The lowest BCUT2D eigenvalue weighted by Crippen LogP contribution is -2.22. The maximum absolute atomic E-state index is 12.9. The molecule has 0 saturated heterocycles. The molecule has 0 saturated carbocycles. The van der Waals surface area contributed by atoms with Crippen LogP contribution in [0.3, 0.4) is 0 Å². The summed E-state index contributed by atoms with van der Waals surface area (Å²) in [6, 6.07) is 3.68. The van der Waals surface area contributed by atoms with Crippen molar-refractivity contribution in [3.8, 4) is 0 Å². The Morgan fingerprint density at radius 2 is 2.19 bits per heavy atom. The van der Waals surface area contributed by atoms with Crippen molar-refractivity contribution < 1.29 is 4.39 Å². The van der Waals surface area contributed by atoms with E-state index in [9.17, 15) is 9.18 Å². The molecule has 2 aromatic rings. The molecule has 2 rings (SSSR count). The zero-order chi connectivity index (χ0) is 11.7. The Morgan fingerprint density at radius 1 is 1.44 bits per heavy atom. The first-order chi connectivity index (χ1) is 7.56. The van der Waals surface area contributed by atoms with Crippen molar-refractivity contribution in [3.05, 3.63) is 34.4 Å². The third-order valence-corrected chi connectivity index (χ3v) is 1.89. The van der Waals surface area contributed by atoms with Crippen LogP contribution in [-0.4, -0.2) is 15.9 Å². The molecule has 0 bridgehead atoms. The highest BCUT2D eigenvalue weighted by molar-refractivity contribution is 5.80. The average Bonchev–Trinajstić information content (AvgIpc) is 2.18. The van der Waals surface area contributed by atoms with Crippen LogP contribution < -0.4 is 17.0 Å². The summed E-state index contributed by atoms with van der Waals surface area (Å²) in [5.74, 6) is -0.733. The monoisotopic (exact) mass is 221 g/mol. The Bertz CT molecular complexity index is 629. The Kier molecular flexibility index (Phi) is 2.28. The molecule has 0 aliphatic heterocycles. The maximum Gasteiger partial charge on any atom is 0.260 e. The molecule has 0 unspecified atom stereocenters. The number of hydrogen-bond acceptors (Lipinski definition) is 3.